The zero-order valence-corrected chi connectivity index (χ0v) is 19.1. The lowest BCUT2D eigenvalue weighted by Gasteiger charge is -2.27. The molecule has 3 unspecified atom stereocenters. The average Bonchev–Trinajstić information content (AvgIpc) is 2.99. The molecular weight excluding hydrogens is 517 g/mol. The maximum atomic E-state index is 12.1. The number of ether oxygens (including phenoxy) is 2. The molecule has 1 fully saturated rings. The normalized spacial score (nSPS) is 25.8. The molecular formula is C12H21N4O14P3. The molecule has 33 heavy (non-hydrogen) atoms. The van der Waals surface area contributed by atoms with Crippen molar-refractivity contribution in [1.29, 1.82) is 0 Å². The van der Waals surface area contributed by atoms with Crippen molar-refractivity contribution >= 4 is 35.0 Å². The van der Waals surface area contributed by atoms with Crippen molar-refractivity contribution in [3.63, 3.8) is 0 Å². The molecule has 9 N–H and O–H groups in total. The Morgan fingerprint density at radius 2 is 1.88 bits per heavy atom. The highest BCUT2D eigenvalue weighted by atomic mass is 31.3. The van der Waals surface area contributed by atoms with Crippen LogP contribution in [0.4, 0.5) is 11.5 Å². The molecule has 0 spiro atoms. The summed E-state index contributed by atoms with van der Waals surface area (Å²) in [5.41, 5.74) is 10.1. The van der Waals surface area contributed by atoms with Gasteiger partial charge in [-0.25, -0.2) is 18.5 Å². The maximum Gasteiger partial charge on any atom is 0.490 e. The van der Waals surface area contributed by atoms with Crippen LogP contribution in [0.1, 0.15) is 12.6 Å². The summed E-state index contributed by atoms with van der Waals surface area (Å²) in [6.45, 7) is 3.00. The van der Waals surface area contributed by atoms with E-state index in [1.165, 1.54) is 6.08 Å². The van der Waals surface area contributed by atoms with Crippen LogP contribution in [-0.2, 0) is 36.3 Å². The van der Waals surface area contributed by atoms with Gasteiger partial charge in [0, 0.05) is 12.6 Å². The Hall–Kier alpha value is -1.49. The molecule has 0 amide bonds. The number of nitrogen functional groups attached to an aromatic ring is 2. The number of hydrogen-bond donors (Lipinski definition) is 7. The number of anilines is 2. The molecule has 18 nitrogen and oxygen atoms in total. The van der Waals surface area contributed by atoms with Crippen molar-refractivity contribution in [2.45, 2.75) is 31.1 Å². The van der Waals surface area contributed by atoms with Gasteiger partial charge in [-0.3, -0.25) is 9.09 Å². The predicted molar refractivity (Wildman–Crippen MR) is 107 cm³/mol. The second-order valence-corrected chi connectivity index (χ2v) is 10.7. The average molecular weight is 538 g/mol. The molecule has 0 aromatic carbocycles. The third kappa shape index (κ3) is 8.05. The van der Waals surface area contributed by atoms with E-state index in [0.29, 0.717) is 0 Å². The van der Waals surface area contributed by atoms with E-state index in [0.717, 1.165) is 10.8 Å². The van der Waals surface area contributed by atoms with Gasteiger partial charge in [0.1, 0.15) is 12.3 Å². The lowest BCUT2D eigenvalue weighted by molar-refractivity contribution is -0.183. The summed E-state index contributed by atoms with van der Waals surface area (Å²) < 4.78 is 57.7. The van der Waals surface area contributed by atoms with Crippen molar-refractivity contribution in [3.8, 4) is 0 Å². The van der Waals surface area contributed by atoms with Gasteiger partial charge < -0.3 is 45.6 Å². The third-order valence-corrected chi connectivity index (χ3v) is 7.56. The molecule has 0 bridgehead atoms. The van der Waals surface area contributed by atoms with Crippen LogP contribution in [0.25, 0.3) is 0 Å². The number of rotatable bonds is 11. The van der Waals surface area contributed by atoms with E-state index < -0.39 is 53.9 Å². The first-order valence-corrected chi connectivity index (χ1v) is 13.1. The van der Waals surface area contributed by atoms with Gasteiger partial charge in [-0.1, -0.05) is 6.08 Å². The summed E-state index contributed by atoms with van der Waals surface area (Å²) >= 11 is 0. The molecule has 1 aliphatic rings. The van der Waals surface area contributed by atoms with Crippen LogP contribution in [0.15, 0.2) is 23.6 Å². The van der Waals surface area contributed by atoms with Crippen LogP contribution in [0.5, 0.6) is 0 Å². The quantitative estimate of drug-likeness (QED) is 0.100. The molecule has 0 saturated carbocycles. The molecule has 1 aromatic heterocycles. The molecule has 1 aromatic rings. The van der Waals surface area contributed by atoms with E-state index >= 15 is 0 Å². The zero-order chi connectivity index (χ0) is 25.2. The fourth-order valence-corrected chi connectivity index (χ4v) is 5.68. The van der Waals surface area contributed by atoms with Crippen LogP contribution < -0.4 is 17.2 Å². The van der Waals surface area contributed by atoms with Crippen molar-refractivity contribution in [1.82, 2.24) is 9.55 Å². The van der Waals surface area contributed by atoms with Crippen molar-refractivity contribution in [3.05, 3.63) is 29.3 Å². The Labute approximate surface area is 184 Å². The van der Waals surface area contributed by atoms with Gasteiger partial charge in [0.05, 0.1) is 18.4 Å². The highest BCUT2D eigenvalue weighted by Crippen LogP contribution is 2.66. The Balaban J connectivity index is 2.24. The molecule has 2 rings (SSSR count). The van der Waals surface area contributed by atoms with Crippen LogP contribution in [0.2, 0.25) is 0 Å². The fourth-order valence-electron chi connectivity index (χ4n) is 2.57. The Kier molecular flexibility index (Phi) is 8.76. The zero-order valence-electron chi connectivity index (χ0n) is 16.4. The summed E-state index contributed by atoms with van der Waals surface area (Å²) in [6.07, 6.45) is -4.32. The van der Waals surface area contributed by atoms with Crippen LogP contribution in [0.3, 0.4) is 0 Å². The minimum Gasteiger partial charge on any atom is -0.395 e. The minimum absolute atomic E-state index is 0.0798. The van der Waals surface area contributed by atoms with Gasteiger partial charge in [-0.2, -0.15) is 13.6 Å². The summed E-state index contributed by atoms with van der Waals surface area (Å²) in [4.78, 5) is 51.7. The van der Waals surface area contributed by atoms with E-state index in [9.17, 15) is 33.4 Å². The predicted octanol–water partition coefficient (Wildman–Crippen LogP) is -1.07. The molecule has 1 aliphatic heterocycles. The molecule has 0 radical (unpaired) electrons. The first kappa shape index (κ1) is 27.8. The maximum absolute atomic E-state index is 12.1. The van der Waals surface area contributed by atoms with Gasteiger partial charge in [0.15, 0.2) is 12.1 Å². The van der Waals surface area contributed by atoms with Gasteiger partial charge in [0.25, 0.3) is 0 Å². The van der Waals surface area contributed by atoms with Gasteiger partial charge in [-0.15, -0.1) is 6.58 Å². The van der Waals surface area contributed by atoms with E-state index in [-0.39, 0.29) is 24.5 Å². The molecule has 1 saturated heterocycles. The number of aromatic nitrogens is 2. The van der Waals surface area contributed by atoms with E-state index in [1.807, 2.05) is 0 Å². The number of aliphatic hydroxyl groups is 1. The van der Waals surface area contributed by atoms with Crippen molar-refractivity contribution in [2.24, 2.45) is 0 Å². The summed E-state index contributed by atoms with van der Waals surface area (Å²) in [7, 11) is -17.0. The van der Waals surface area contributed by atoms with Gasteiger partial charge >= 0.3 is 29.2 Å². The number of nitrogens with zero attached hydrogens (tertiary/aromatic N) is 2. The monoisotopic (exact) mass is 538 g/mol. The molecule has 21 heteroatoms. The summed E-state index contributed by atoms with van der Waals surface area (Å²) in [6, 6.07) is 0. The first-order chi connectivity index (χ1) is 15.0. The van der Waals surface area contributed by atoms with Crippen LogP contribution in [0, 0.1) is 0 Å². The number of phosphoric ester groups is 1. The SMILES string of the molecule is C=CCOC(OP(=O)(O)OP(=O)(O)OP(=O)(O)O)[C@H]1O[C@@H](n2cc(N)c(N)nc2=O)C[C@@H]1O. The highest BCUT2D eigenvalue weighted by molar-refractivity contribution is 7.66. The Morgan fingerprint density at radius 1 is 1.24 bits per heavy atom. The van der Waals surface area contributed by atoms with E-state index in [4.69, 9.17) is 30.7 Å². The second-order valence-electron chi connectivity index (χ2n) is 6.32. The number of aliphatic hydroxyl groups excluding tert-OH is 1. The number of hydrogen-bond acceptors (Lipinski definition) is 13. The number of phosphoric acid groups is 3. The topological polar surface area (TPSA) is 285 Å². The summed E-state index contributed by atoms with van der Waals surface area (Å²) in [5.74, 6) is -0.244. The minimum atomic E-state index is -5.80. The lowest BCUT2D eigenvalue weighted by Crippen LogP contribution is -2.38. The first-order valence-electron chi connectivity index (χ1n) is 8.56. The Morgan fingerprint density at radius 3 is 2.45 bits per heavy atom. The standard InChI is InChI=1S/C12H21N4O14P3/c1-2-3-26-11(28-32(22,23)30-33(24,25)29-31(19,20)21)9-7(17)4-8(27-9)16-5-6(13)10(14)15-12(16)18/h2,5,7-9,11,17H,1,3-4,13H2,(H,22,23)(H,24,25)(H2,14,15,18)(H2,19,20,21)/t7-,8+,9-,11?/m0/s1. The van der Waals surface area contributed by atoms with E-state index in [2.05, 4.69) is 24.7 Å². The second kappa shape index (κ2) is 10.4. The highest BCUT2D eigenvalue weighted by Gasteiger charge is 2.47. The van der Waals surface area contributed by atoms with Gasteiger partial charge in [-0.05, 0) is 0 Å². The Bertz CT molecular complexity index is 1070. The molecule has 188 valence electrons. The van der Waals surface area contributed by atoms with Crippen LogP contribution in [-0.4, -0.2) is 59.3 Å². The van der Waals surface area contributed by atoms with Crippen molar-refractivity contribution in [2.75, 3.05) is 18.1 Å². The third-order valence-electron chi connectivity index (χ3n) is 3.76. The largest absolute Gasteiger partial charge is 0.490 e. The summed E-state index contributed by atoms with van der Waals surface area (Å²) in [5, 5.41) is 10.3. The molecule has 6 atom stereocenters. The van der Waals surface area contributed by atoms with Gasteiger partial charge in [0.2, 0.25) is 0 Å². The van der Waals surface area contributed by atoms with E-state index in [1.54, 1.807) is 0 Å². The van der Waals surface area contributed by atoms with Crippen molar-refractivity contribution < 1.29 is 61.0 Å². The molecule has 2 heterocycles. The lowest BCUT2D eigenvalue weighted by atomic mass is 10.1. The number of nitrogens with two attached hydrogens (primary N) is 2. The van der Waals surface area contributed by atoms with Crippen LogP contribution >= 0.6 is 23.5 Å². The smallest absolute Gasteiger partial charge is 0.395 e. The molecule has 0 aliphatic carbocycles. The fraction of sp³-hybridized carbons (Fsp3) is 0.500.